The molecule has 1 heterocycles. The van der Waals surface area contributed by atoms with Crippen LogP contribution in [0.2, 0.25) is 0 Å². The van der Waals surface area contributed by atoms with Crippen LogP contribution in [0.4, 0.5) is 0 Å². The van der Waals surface area contributed by atoms with Crippen LogP contribution >= 0.6 is 11.8 Å². The van der Waals surface area contributed by atoms with Crippen LogP contribution in [-0.2, 0) is 4.79 Å². The molecule has 1 amide bonds. The number of benzene rings is 1. The van der Waals surface area contributed by atoms with Crippen LogP contribution in [0.3, 0.4) is 0 Å². The first kappa shape index (κ1) is 17.9. The van der Waals surface area contributed by atoms with Gasteiger partial charge in [0.25, 0.3) is 0 Å². The zero-order valence-corrected chi connectivity index (χ0v) is 15.8. The second kappa shape index (κ2) is 7.99. The maximum Gasteiger partial charge on any atom is 0.233 e. The van der Waals surface area contributed by atoms with Gasteiger partial charge in [0.05, 0.1) is 10.9 Å². The number of hydrogen-bond acceptors (Lipinski definition) is 5. The fourth-order valence-corrected chi connectivity index (χ4v) is 4.03. The van der Waals surface area contributed by atoms with E-state index >= 15 is 0 Å². The fraction of sp³-hybridized carbons (Fsp3) is 0.556. The van der Waals surface area contributed by atoms with Gasteiger partial charge in [0.15, 0.2) is 0 Å². The van der Waals surface area contributed by atoms with Crippen LogP contribution in [0, 0.1) is 13.8 Å². The largest absolute Gasteiger partial charge is 0.352 e. The number of hydrogen-bond donors (Lipinski definition) is 1. The predicted octanol–water partition coefficient (Wildman–Crippen LogP) is 3.21. The van der Waals surface area contributed by atoms with Gasteiger partial charge in [-0.25, -0.2) is 0 Å². The Balaban J connectivity index is 1.68. The second-order valence-corrected chi connectivity index (χ2v) is 8.07. The molecule has 0 aliphatic heterocycles. The molecule has 6 nitrogen and oxygen atoms in total. The van der Waals surface area contributed by atoms with E-state index in [9.17, 15) is 4.79 Å². The Bertz CT molecular complexity index is 739. The van der Waals surface area contributed by atoms with E-state index in [-0.39, 0.29) is 11.2 Å². The lowest BCUT2D eigenvalue weighted by Crippen LogP contribution is -2.40. The summed E-state index contributed by atoms with van der Waals surface area (Å²) in [5.41, 5.74) is 3.25. The first-order chi connectivity index (χ1) is 12.0. The second-order valence-electron chi connectivity index (χ2n) is 6.77. The van der Waals surface area contributed by atoms with Crippen molar-refractivity contribution in [3.8, 4) is 5.69 Å². The highest BCUT2D eigenvalue weighted by molar-refractivity contribution is 8.00. The van der Waals surface area contributed by atoms with Gasteiger partial charge in [-0.15, -0.1) is 5.10 Å². The lowest BCUT2D eigenvalue weighted by atomic mass is 9.95. The van der Waals surface area contributed by atoms with Crippen LogP contribution < -0.4 is 5.32 Å². The molecule has 1 N–H and O–H groups in total. The standard InChI is InChI=1S/C18H25N5OS/c1-12-9-10-16(13(2)11-12)23-18(20-21-22-23)25-14(3)17(24)19-15-7-5-4-6-8-15/h9-11,14-15H,4-8H2,1-3H3,(H,19,24)/t14-/m0/s1. The summed E-state index contributed by atoms with van der Waals surface area (Å²) in [5.74, 6) is 0.0621. The first-order valence-electron chi connectivity index (χ1n) is 8.87. The number of nitrogens with zero attached hydrogens (tertiary/aromatic N) is 4. The quantitative estimate of drug-likeness (QED) is 0.830. The maximum absolute atomic E-state index is 12.5. The van der Waals surface area contributed by atoms with Gasteiger partial charge in [0.1, 0.15) is 0 Å². The van der Waals surface area contributed by atoms with E-state index in [1.165, 1.54) is 36.6 Å². The van der Waals surface area contributed by atoms with E-state index < -0.39 is 0 Å². The number of nitrogens with one attached hydrogen (secondary N) is 1. The van der Waals surface area contributed by atoms with Crippen LogP contribution in [-0.4, -0.2) is 37.4 Å². The normalized spacial score (nSPS) is 16.6. The molecule has 0 radical (unpaired) electrons. The average Bonchev–Trinajstić information content (AvgIpc) is 3.03. The predicted molar refractivity (Wildman–Crippen MR) is 99.0 cm³/mol. The van der Waals surface area contributed by atoms with E-state index in [1.807, 2.05) is 26.0 Å². The summed E-state index contributed by atoms with van der Waals surface area (Å²) < 4.78 is 1.71. The lowest BCUT2D eigenvalue weighted by Gasteiger charge is -2.24. The lowest BCUT2D eigenvalue weighted by molar-refractivity contribution is -0.121. The summed E-state index contributed by atoms with van der Waals surface area (Å²) in [7, 11) is 0. The SMILES string of the molecule is Cc1ccc(-n2nnnc2S[C@@H](C)C(=O)NC2CCCCC2)c(C)c1. The highest BCUT2D eigenvalue weighted by Gasteiger charge is 2.23. The van der Waals surface area contributed by atoms with Gasteiger partial charge in [-0.2, -0.15) is 4.68 Å². The number of carbonyl (C=O) groups excluding carboxylic acids is 1. The third-order valence-electron chi connectivity index (χ3n) is 4.62. The van der Waals surface area contributed by atoms with Gasteiger partial charge >= 0.3 is 0 Å². The van der Waals surface area contributed by atoms with Crippen LogP contribution in [0.15, 0.2) is 23.4 Å². The van der Waals surface area contributed by atoms with Gasteiger partial charge in [-0.1, -0.05) is 48.7 Å². The van der Waals surface area contributed by atoms with Gasteiger partial charge in [-0.3, -0.25) is 4.79 Å². The Labute approximate surface area is 152 Å². The third kappa shape index (κ3) is 4.39. The zero-order valence-electron chi connectivity index (χ0n) is 15.0. The van der Waals surface area contributed by atoms with Crippen molar-refractivity contribution in [2.24, 2.45) is 0 Å². The van der Waals surface area contributed by atoms with Crippen molar-refractivity contribution in [1.82, 2.24) is 25.5 Å². The van der Waals surface area contributed by atoms with Gasteiger partial charge < -0.3 is 5.32 Å². The van der Waals surface area contributed by atoms with Crippen LogP contribution in [0.25, 0.3) is 5.69 Å². The average molecular weight is 359 g/mol. The molecule has 1 atom stereocenters. The number of aromatic nitrogens is 4. The molecule has 2 aromatic rings. The van der Waals surface area contributed by atoms with Crippen molar-refractivity contribution in [1.29, 1.82) is 0 Å². The molecule has 1 fully saturated rings. The Morgan fingerprint density at radius 3 is 2.76 bits per heavy atom. The van der Waals surface area contributed by atoms with Crippen molar-refractivity contribution in [3.63, 3.8) is 0 Å². The molecular weight excluding hydrogens is 334 g/mol. The van der Waals surface area contributed by atoms with E-state index in [0.717, 1.165) is 24.1 Å². The smallest absolute Gasteiger partial charge is 0.233 e. The van der Waals surface area contributed by atoms with Crippen molar-refractivity contribution >= 4 is 17.7 Å². The number of aryl methyl sites for hydroxylation is 2. The van der Waals surface area contributed by atoms with E-state index in [4.69, 9.17) is 0 Å². The Morgan fingerprint density at radius 2 is 2.04 bits per heavy atom. The number of rotatable bonds is 5. The van der Waals surface area contributed by atoms with Crippen molar-refractivity contribution in [2.45, 2.75) is 69.3 Å². The molecule has 7 heteroatoms. The molecule has 1 saturated carbocycles. The third-order valence-corrected chi connectivity index (χ3v) is 5.66. The molecule has 1 aromatic carbocycles. The maximum atomic E-state index is 12.5. The number of amides is 1. The summed E-state index contributed by atoms with van der Waals surface area (Å²) in [6, 6.07) is 6.47. The Kier molecular flexibility index (Phi) is 5.73. The summed E-state index contributed by atoms with van der Waals surface area (Å²) in [6.07, 6.45) is 5.86. The molecule has 0 bridgehead atoms. The number of carbonyl (C=O) groups is 1. The molecule has 1 aromatic heterocycles. The Morgan fingerprint density at radius 1 is 1.28 bits per heavy atom. The topological polar surface area (TPSA) is 72.7 Å². The van der Waals surface area contributed by atoms with E-state index in [2.05, 4.69) is 33.8 Å². The zero-order chi connectivity index (χ0) is 17.8. The van der Waals surface area contributed by atoms with Crippen molar-refractivity contribution < 1.29 is 4.79 Å². The summed E-state index contributed by atoms with van der Waals surface area (Å²) in [6.45, 7) is 6.01. The fourth-order valence-electron chi connectivity index (χ4n) is 3.22. The summed E-state index contributed by atoms with van der Waals surface area (Å²) in [5, 5.41) is 15.6. The molecule has 3 rings (SSSR count). The van der Waals surface area contributed by atoms with Crippen LogP contribution in [0.1, 0.15) is 50.2 Å². The van der Waals surface area contributed by atoms with Crippen molar-refractivity contribution in [2.75, 3.05) is 0 Å². The van der Waals surface area contributed by atoms with E-state index in [0.29, 0.717) is 11.2 Å². The van der Waals surface area contributed by atoms with Gasteiger partial charge in [0, 0.05) is 6.04 Å². The minimum atomic E-state index is -0.238. The molecular formula is C18H25N5OS. The highest BCUT2D eigenvalue weighted by Crippen LogP contribution is 2.25. The molecule has 1 aliphatic rings. The minimum absolute atomic E-state index is 0.0621. The van der Waals surface area contributed by atoms with E-state index in [1.54, 1.807) is 4.68 Å². The first-order valence-corrected chi connectivity index (χ1v) is 9.75. The van der Waals surface area contributed by atoms with Gasteiger partial charge in [-0.05, 0) is 55.7 Å². The van der Waals surface area contributed by atoms with Crippen molar-refractivity contribution in [3.05, 3.63) is 29.3 Å². The highest BCUT2D eigenvalue weighted by atomic mass is 32.2. The summed E-state index contributed by atoms with van der Waals surface area (Å²) >= 11 is 1.40. The minimum Gasteiger partial charge on any atom is -0.352 e. The summed E-state index contributed by atoms with van der Waals surface area (Å²) in [4.78, 5) is 12.5. The monoisotopic (exact) mass is 359 g/mol. The van der Waals surface area contributed by atoms with Gasteiger partial charge in [0.2, 0.25) is 11.1 Å². The molecule has 0 unspecified atom stereocenters. The molecule has 1 aliphatic carbocycles. The van der Waals surface area contributed by atoms with Crippen LogP contribution in [0.5, 0.6) is 0 Å². The number of tetrazole rings is 1. The molecule has 0 saturated heterocycles. The molecule has 0 spiro atoms. The molecule has 25 heavy (non-hydrogen) atoms. The Hall–Kier alpha value is -1.89. The molecule has 134 valence electrons. The number of thioether (sulfide) groups is 1.